The molecule has 28 heavy (non-hydrogen) atoms. The smallest absolute Gasteiger partial charge is 0.326 e. The Bertz CT molecular complexity index is 894. The number of nitrogens with one attached hydrogen (secondary N) is 2. The molecule has 4 N–H and O–H groups in total. The van der Waals surface area contributed by atoms with Gasteiger partial charge in [-0.2, -0.15) is 0 Å². The Hall–Kier alpha value is -3.05. The molecule has 148 valence electrons. The highest BCUT2D eigenvalue weighted by atomic mass is 35.5. The van der Waals surface area contributed by atoms with Gasteiger partial charge in [-0.25, -0.2) is 4.79 Å². The second-order valence-corrected chi connectivity index (χ2v) is 6.10. The van der Waals surface area contributed by atoms with Gasteiger partial charge in [-0.05, 0) is 37.2 Å². The van der Waals surface area contributed by atoms with Crippen molar-refractivity contribution in [2.45, 2.75) is 6.42 Å². The summed E-state index contributed by atoms with van der Waals surface area (Å²) in [6, 6.07) is 10.0. The molecule has 1 aliphatic rings. The Balaban J connectivity index is 1.68. The summed E-state index contributed by atoms with van der Waals surface area (Å²) in [6.45, 7) is 0.916. The van der Waals surface area contributed by atoms with Crippen molar-refractivity contribution in [1.82, 2.24) is 5.32 Å². The van der Waals surface area contributed by atoms with E-state index in [9.17, 15) is 15.2 Å². The van der Waals surface area contributed by atoms with Gasteiger partial charge in [-0.3, -0.25) is 5.32 Å². The Labute approximate surface area is 165 Å². The molecule has 0 spiro atoms. The number of urea groups is 1. The SMILES string of the molecule is NCCCOc1ccc(Cl)c(NC(=O)NC2=NN([O-])c3ccccc3N2[O-])c1. The molecule has 1 aliphatic heterocycles. The van der Waals surface area contributed by atoms with Crippen LogP contribution in [0.3, 0.4) is 0 Å². The summed E-state index contributed by atoms with van der Waals surface area (Å²) in [4.78, 5) is 12.3. The van der Waals surface area contributed by atoms with E-state index in [2.05, 4.69) is 15.7 Å². The van der Waals surface area contributed by atoms with E-state index in [1.54, 1.807) is 24.3 Å². The van der Waals surface area contributed by atoms with E-state index in [0.717, 1.165) is 0 Å². The van der Waals surface area contributed by atoms with Crippen LogP contribution in [0, 0.1) is 10.4 Å². The van der Waals surface area contributed by atoms with Gasteiger partial charge in [0.05, 0.1) is 28.7 Å². The predicted octanol–water partition coefficient (Wildman–Crippen LogP) is 2.78. The number of fused-ring (bicyclic) bond motifs is 1. The number of carbonyl (C=O) groups is 1. The molecule has 0 radical (unpaired) electrons. The lowest BCUT2D eigenvalue weighted by Crippen LogP contribution is -2.46. The molecular formula is C17H17ClN6O4-2. The first-order chi connectivity index (χ1) is 13.5. The van der Waals surface area contributed by atoms with E-state index in [4.69, 9.17) is 22.1 Å². The number of carbonyl (C=O) groups excluding carboxylic acids is 1. The fourth-order valence-corrected chi connectivity index (χ4v) is 2.55. The highest BCUT2D eigenvalue weighted by molar-refractivity contribution is 6.33. The maximum absolute atomic E-state index is 12.3. The Kier molecular flexibility index (Phi) is 6.16. The third-order valence-electron chi connectivity index (χ3n) is 3.71. The third-order valence-corrected chi connectivity index (χ3v) is 4.04. The largest absolute Gasteiger partial charge is 0.752 e. The predicted molar refractivity (Wildman–Crippen MR) is 108 cm³/mol. The molecule has 0 saturated heterocycles. The lowest BCUT2D eigenvalue weighted by molar-refractivity contribution is 0.256. The Morgan fingerprint density at radius 3 is 2.68 bits per heavy atom. The fraction of sp³-hybridized carbons (Fsp3) is 0.176. The second-order valence-electron chi connectivity index (χ2n) is 5.69. The molecule has 0 atom stereocenters. The van der Waals surface area contributed by atoms with E-state index in [1.807, 2.05) is 0 Å². The van der Waals surface area contributed by atoms with Crippen molar-refractivity contribution >= 4 is 40.7 Å². The first kappa shape index (κ1) is 19.7. The van der Waals surface area contributed by atoms with Crippen LogP contribution in [0.2, 0.25) is 5.02 Å². The van der Waals surface area contributed by atoms with Gasteiger partial charge in [0.15, 0.2) is 0 Å². The number of halogens is 1. The summed E-state index contributed by atoms with van der Waals surface area (Å²) in [7, 11) is 0. The number of benzene rings is 2. The fourth-order valence-electron chi connectivity index (χ4n) is 2.39. The number of nitrogens with zero attached hydrogens (tertiary/aromatic N) is 3. The van der Waals surface area contributed by atoms with E-state index in [0.29, 0.717) is 30.4 Å². The normalized spacial score (nSPS) is 12.9. The van der Waals surface area contributed by atoms with Crippen LogP contribution in [-0.2, 0) is 0 Å². The third kappa shape index (κ3) is 4.43. The topological polar surface area (TPSA) is 141 Å². The molecular weight excluding hydrogens is 388 g/mol. The summed E-state index contributed by atoms with van der Waals surface area (Å²) in [5, 5.41) is 33.5. The monoisotopic (exact) mass is 404 g/mol. The van der Waals surface area contributed by atoms with Crippen LogP contribution >= 0.6 is 11.6 Å². The molecule has 0 fully saturated rings. The maximum atomic E-state index is 12.3. The zero-order valence-corrected chi connectivity index (χ0v) is 15.3. The lowest BCUT2D eigenvalue weighted by Gasteiger charge is -2.41. The van der Waals surface area contributed by atoms with Crippen molar-refractivity contribution in [3.05, 3.63) is 57.9 Å². The van der Waals surface area contributed by atoms with Crippen LogP contribution in [0.15, 0.2) is 47.6 Å². The van der Waals surface area contributed by atoms with E-state index in [1.165, 1.54) is 18.2 Å². The summed E-state index contributed by atoms with van der Waals surface area (Å²) in [5.41, 5.74) is 5.82. The molecule has 0 saturated carbocycles. The summed E-state index contributed by atoms with van der Waals surface area (Å²) in [5.74, 6) is 0.0194. The maximum Gasteiger partial charge on any atom is 0.326 e. The van der Waals surface area contributed by atoms with Crippen LogP contribution in [0.5, 0.6) is 5.75 Å². The van der Waals surface area contributed by atoms with Crippen LogP contribution in [0.4, 0.5) is 21.9 Å². The van der Waals surface area contributed by atoms with E-state index < -0.39 is 12.0 Å². The van der Waals surface area contributed by atoms with Gasteiger partial charge in [-0.1, -0.05) is 23.7 Å². The average molecular weight is 405 g/mol. The van der Waals surface area contributed by atoms with Crippen molar-refractivity contribution in [1.29, 1.82) is 0 Å². The molecule has 11 heteroatoms. The minimum atomic E-state index is -0.798. The van der Waals surface area contributed by atoms with Gasteiger partial charge in [0.25, 0.3) is 0 Å². The number of ether oxygens (including phenoxy) is 1. The molecule has 0 aliphatic carbocycles. The zero-order chi connectivity index (χ0) is 20.1. The molecule has 2 amide bonds. The number of hydrazone groups is 1. The van der Waals surface area contributed by atoms with Crippen LogP contribution in [-0.4, -0.2) is 25.1 Å². The number of amides is 2. The molecule has 0 bridgehead atoms. The number of para-hydroxylation sites is 2. The van der Waals surface area contributed by atoms with Gasteiger partial charge in [-0.15, -0.1) is 5.10 Å². The number of hydrogen-bond donors (Lipinski definition) is 3. The van der Waals surface area contributed by atoms with E-state index in [-0.39, 0.29) is 27.3 Å². The summed E-state index contributed by atoms with van der Waals surface area (Å²) >= 11 is 6.08. The van der Waals surface area contributed by atoms with Crippen molar-refractivity contribution < 1.29 is 9.53 Å². The van der Waals surface area contributed by atoms with Crippen LogP contribution in [0.25, 0.3) is 0 Å². The highest BCUT2D eigenvalue weighted by Gasteiger charge is 2.18. The number of rotatable bonds is 5. The van der Waals surface area contributed by atoms with Gasteiger partial charge in [0.1, 0.15) is 5.75 Å². The van der Waals surface area contributed by atoms with Gasteiger partial charge >= 0.3 is 6.03 Å². The first-order valence-corrected chi connectivity index (χ1v) is 8.70. The summed E-state index contributed by atoms with van der Waals surface area (Å²) in [6.07, 6.45) is 0.679. The first-order valence-electron chi connectivity index (χ1n) is 8.32. The van der Waals surface area contributed by atoms with Gasteiger partial charge in [0, 0.05) is 6.07 Å². The number of guanidine groups is 1. The molecule has 2 aromatic rings. The number of hydrogen-bond acceptors (Lipinski definition) is 8. The minimum Gasteiger partial charge on any atom is -0.752 e. The number of anilines is 3. The van der Waals surface area contributed by atoms with Crippen molar-refractivity contribution in [3.63, 3.8) is 0 Å². The highest BCUT2D eigenvalue weighted by Crippen LogP contribution is 2.32. The van der Waals surface area contributed by atoms with Gasteiger partial charge < -0.3 is 36.4 Å². The molecule has 0 aromatic heterocycles. The lowest BCUT2D eigenvalue weighted by atomic mass is 10.2. The second kappa shape index (κ2) is 8.76. The Morgan fingerprint density at radius 1 is 1.18 bits per heavy atom. The van der Waals surface area contributed by atoms with E-state index >= 15 is 0 Å². The van der Waals surface area contributed by atoms with Crippen LogP contribution < -0.4 is 31.3 Å². The minimum absolute atomic E-state index is 0.0659. The number of hydroxylamine groups is 1. The van der Waals surface area contributed by atoms with Crippen LogP contribution in [0.1, 0.15) is 6.42 Å². The average Bonchev–Trinajstić information content (AvgIpc) is 2.68. The summed E-state index contributed by atoms with van der Waals surface area (Å²) < 4.78 is 5.50. The molecule has 1 heterocycles. The standard InChI is InChI=1S/C17H17ClN6O4/c18-12-7-6-11(28-9-3-8-19)10-13(12)20-17(25)21-16-22-24(27)15-5-2-1-4-14(15)23(16)26/h1-2,4-7,10H,3,8-9,19H2,(H2,20,21,22,25)/q-2. The van der Waals surface area contributed by atoms with Crippen molar-refractivity contribution in [2.75, 3.05) is 28.7 Å². The molecule has 3 rings (SSSR count). The Morgan fingerprint density at radius 2 is 1.93 bits per heavy atom. The molecule has 2 aromatic carbocycles. The van der Waals surface area contributed by atoms with Gasteiger partial charge in [0.2, 0.25) is 5.96 Å². The molecule has 0 unspecified atom stereocenters. The number of nitrogens with two attached hydrogens (primary N) is 1. The molecule has 10 nitrogen and oxygen atoms in total. The quantitative estimate of drug-likeness (QED) is 0.650. The van der Waals surface area contributed by atoms with Crippen molar-refractivity contribution in [2.24, 2.45) is 10.8 Å². The van der Waals surface area contributed by atoms with Crippen molar-refractivity contribution in [3.8, 4) is 5.75 Å². The zero-order valence-electron chi connectivity index (χ0n) is 14.6.